The third-order valence-corrected chi connectivity index (χ3v) is 5.02. The zero-order valence-corrected chi connectivity index (χ0v) is 13.1. The molecule has 1 aliphatic heterocycles. The Morgan fingerprint density at radius 2 is 1.82 bits per heavy atom. The maximum absolute atomic E-state index is 13.9. The molecule has 0 spiro atoms. The molecule has 1 aliphatic rings. The summed E-state index contributed by atoms with van der Waals surface area (Å²) in [6.45, 7) is 1.03. The first-order valence-electron chi connectivity index (χ1n) is 7.44. The maximum atomic E-state index is 13.9. The van der Waals surface area contributed by atoms with E-state index in [0.29, 0.717) is 31.6 Å². The molecule has 1 saturated heterocycles. The van der Waals surface area contributed by atoms with Gasteiger partial charge in [-0.25, -0.2) is 4.39 Å². The van der Waals surface area contributed by atoms with Crippen LogP contribution in [0.2, 0.25) is 0 Å². The lowest BCUT2D eigenvalue weighted by Crippen LogP contribution is -2.33. The van der Waals surface area contributed by atoms with E-state index in [1.165, 1.54) is 17.7 Å². The third-order valence-electron chi connectivity index (χ3n) is 3.98. The number of ether oxygens (including phenoxy) is 1. The number of aliphatic hydroxyl groups is 1. The molecule has 22 heavy (non-hydrogen) atoms. The highest BCUT2D eigenvalue weighted by atomic mass is 32.2. The Morgan fingerprint density at radius 3 is 2.55 bits per heavy atom. The summed E-state index contributed by atoms with van der Waals surface area (Å²) in [4.78, 5) is 0.846. The van der Waals surface area contributed by atoms with Gasteiger partial charge < -0.3 is 9.84 Å². The highest BCUT2D eigenvalue weighted by Crippen LogP contribution is 2.35. The normalized spacial score (nSPS) is 17.4. The minimum Gasteiger partial charge on any atom is -0.385 e. The van der Waals surface area contributed by atoms with Crippen LogP contribution in [0.25, 0.3) is 0 Å². The van der Waals surface area contributed by atoms with E-state index < -0.39 is 5.60 Å². The van der Waals surface area contributed by atoms with Crippen LogP contribution in [0.5, 0.6) is 0 Å². The van der Waals surface area contributed by atoms with E-state index in [-0.39, 0.29) is 5.82 Å². The predicted molar refractivity (Wildman–Crippen MR) is 86.4 cm³/mol. The second-order valence-electron chi connectivity index (χ2n) is 5.59. The Labute approximate surface area is 134 Å². The van der Waals surface area contributed by atoms with Gasteiger partial charge in [0.25, 0.3) is 0 Å². The van der Waals surface area contributed by atoms with Gasteiger partial charge in [0.05, 0.1) is 5.60 Å². The SMILES string of the molecule is OC1(c2cc(F)cc(SCc3ccccc3)c2)CCOCC1. The molecule has 0 bridgehead atoms. The molecule has 1 heterocycles. The van der Waals surface area contributed by atoms with E-state index in [0.717, 1.165) is 10.6 Å². The van der Waals surface area contributed by atoms with Gasteiger partial charge in [-0.2, -0.15) is 0 Å². The predicted octanol–water partition coefficient (Wildman–Crippen LogP) is 4.12. The lowest BCUT2D eigenvalue weighted by Gasteiger charge is -2.32. The molecule has 4 heteroatoms. The van der Waals surface area contributed by atoms with Crippen LogP contribution in [0.1, 0.15) is 24.0 Å². The molecule has 1 fully saturated rings. The number of hydrogen-bond acceptors (Lipinski definition) is 3. The molecular weight excluding hydrogens is 299 g/mol. The summed E-state index contributed by atoms with van der Waals surface area (Å²) in [6, 6.07) is 15.0. The van der Waals surface area contributed by atoms with E-state index in [1.54, 1.807) is 11.8 Å². The number of thioether (sulfide) groups is 1. The average molecular weight is 318 g/mol. The van der Waals surface area contributed by atoms with Crippen LogP contribution >= 0.6 is 11.8 Å². The molecule has 0 radical (unpaired) electrons. The number of rotatable bonds is 4. The molecule has 116 valence electrons. The van der Waals surface area contributed by atoms with Crippen LogP contribution < -0.4 is 0 Å². The summed E-state index contributed by atoms with van der Waals surface area (Å²) in [6.07, 6.45) is 1.03. The van der Waals surface area contributed by atoms with Gasteiger partial charge in [-0.15, -0.1) is 11.8 Å². The summed E-state index contributed by atoms with van der Waals surface area (Å²) in [5, 5.41) is 10.7. The quantitative estimate of drug-likeness (QED) is 0.860. The van der Waals surface area contributed by atoms with Crippen LogP contribution in [0, 0.1) is 5.82 Å². The van der Waals surface area contributed by atoms with Crippen molar-refractivity contribution in [2.45, 2.75) is 29.1 Å². The van der Waals surface area contributed by atoms with E-state index in [9.17, 15) is 9.50 Å². The zero-order chi connectivity index (χ0) is 15.4. The summed E-state index contributed by atoms with van der Waals surface area (Å²) in [5.41, 5.74) is 0.886. The number of benzene rings is 2. The van der Waals surface area contributed by atoms with Gasteiger partial charge in [0.1, 0.15) is 5.82 Å². The smallest absolute Gasteiger partial charge is 0.124 e. The molecule has 2 aromatic rings. The first-order chi connectivity index (χ1) is 10.7. The molecule has 0 saturated carbocycles. The van der Waals surface area contributed by atoms with Crippen molar-refractivity contribution in [2.75, 3.05) is 13.2 Å². The van der Waals surface area contributed by atoms with E-state index >= 15 is 0 Å². The average Bonchev–Trinajstić information content (AvgIpc) is 2.54. The highest BCUT2D eigenvalue weighted by molar-refractivity contribution is 7.98. The van der Waals surface area contributed by atoms with Crippen molar-refractivity contribution in [3.05, 3.63) is 65.5 Å². The van der Waals surface area contributed by atoms with Crippen LogP contribution in [-0.2, 0) is 16.1 Å². The molecule has 0 unspecified atom stereocenters. The molecule has 1 N–H and O–H groups in total. The number of hydrogen-bond donors (Lipinski definition) is 1. The Balaban J connectivity index is 1.77. The molecule has 3 rings (SSSR count). The highest BCUT2D eigenvalue weighted by Gasteiger charge is 2.32. The van der Waals surface area contributed by atoms with E-state index in [2.05, 4.69) is 12.1 Å². The molecule has 0 aliphatic carbocycles. The molecule has 0 amide bonds. The van der Waals surface area contributed by atoms with E-state index in [1.807, 2.05) is 24.3 Å². The maximum Gasteiger partial charge on any atom is 0.124 e. The van der Waals surface area contributed by atoms with Gasteiger partial charge in [-0.1, -0.05) is 30.3 Å². The van der Waals surface area contributed by atoms with Crippen molar-refractivity contribution in [3.63, 3.8) is 0 Å². The van der Waals surface area contributed by atoms with Gasteiger partial charge in [-0.3, -0.25) is 0 Å². The van der Waals surface area contributed by atoms with Gasteiger partial charge in [0, 0.05) is 36.7 Å². The largest absolute Gasteiger partial charge is 0.385 e. The Morgan fingerprint density at radius 1 is 1.09 bits per heavy atom. The fourth-order valence-electron chi connectivity index (χ4n) is 2.65. The zero-order valence-electron chi connectivity index (χ0n) is 12.3. The van der Waals surface area contributed by atoms with Crippen molar-refractivity contribution in [2.24, 2.45) is 0 Å². The van der Waals surface area contributed by atoms with Crippen molar-refractivity contribution in [1.29, 1.82) is 0 Å². The number of halogens is 1. The minimum absolute atomic E-state index is 0.298. The minimum atomic E-state index is -0.970. The Kier molecular flexibility index (Phi) is 4.81. The summed E-state index contributed by atoms with van der Waals surface area (Å²) in [5.74, 6) is 0.485. The second kappa shape index (κ2) is 6.82. The molecule has 0 atom stereocenters. The topological polar surface area (TPSA) is 29.5 Å². The van der Waals surface area contributed by atoms with Crippen molar-refractivity contribution < 1.29 is 14.2 Å². The van der Waals surface area contributed by atoms with Crippen LogP contribution in [-0.4, -0.2) is 18.3 Å². The van der Waals surface area contributed by atoms with Gasteiger partial charge in [0.15, 0.2) is 0 Å². The summed E-state index contributed by atoms with van der Waals surface area (Å²) in [7, 11) is 0. The van der Waals surface area contributed by atoms with Crippen LogP contribution in [0.15, 0.2) is 53.4 Å². The lowest BCUT2D eigenvalue weighted by molar-refractivity contribution is -0.0681. The van der Waals surface area contributed by atoms with Crippen LogP contribution in [0.3, 0.4) is 0 Å². The van der Waals surface area contributed by atoms with Crippen LogP contribution in [0.4, 0.5) is 4.39 Å². The summed E-state index contributed by atoms with van der Waals surface area (Å²) >= 11 is 1.58. The molecular formula is C18H19FO2S. The van der Waals surface area contributed by atoms with Crippen molar-refractivity contribution in [3.8, 4) is 0 Å². The fourth-order valence-corrected chi connectivity index (χ4v) is 3.59. The van der Waals surface area contributed by atoms with Crippen molar-refractivity contribution >= 4 is 11.8 Å². The monoisotopic (exact) mass is 318 g/mol. The molecule has 2 aromatic carbocycles. The Hall–Kier alpha value is -1.36. The Bertz CT molecular complexity index is 624. The standard InChI is InChI=1S/C18H19FO2S/c19-16-10-15(18(20)6-8-21-9-7-18)11-17(12-16)22-13-14-4-2-1-3-5-14/h1-5,10-12,20H,6-9,13H2. The molecule has 2 nitrogen and oxygen atoms in total. The first kappa shape index (κ1) is 15.5. The van der Waals surface area contributed by atoms with E-state index in [4.69, 9.17) is 4.74 Å². The second-order valence-corrected chi connectivity index (χ2v) is 6.64. The molecule has 0 aromatic heterocycles. The van der Waals surface area contributed by atoms with Crippen molar-refractivity contribution in [1.82, 2.24) is 0 Å². The third kappa shape index (κ3) is 3.69. The summed E-state index contributed by atoms with van der Waals surface area (Å²) < 4.78 is 19.2. The van der Waals surface area contributed by atoms with Gasteiger partial charge >= 0.3 is 0 Å². The van der Waals surface area contributed by atoms with Gasteiger partial charge in [0.2, 0.25) is 0 Å². The fraction of sp³-hybridized carbons (Fsp3) is 0.333. The lowest BCUT2D eigenvalue weighted by atomic mass is 9.86. The van der Waals surface area contributed by atoms with Gasteiger partial charge in [-0.05, 0) is 29.3 Å². The first-order valence-corrected chi connectivity index (χ1v) is 8.42.